The maximum atomic E-state index is 11.8. The van der Waals surface area contributed by atoms with E-state index in [0.29, 0.717) is 24.6 Å². The number of carbonyl (C=O) groups excluding carboxylic acids is 2. The number of amides is 2. The SMILES string of the molecule is NC(=O)c1ncn(CC(=O)NCCc2nc3ncc(Br)cn3n2)n1. The predicted molar refractivity (Wildman–Crippen MR) is 83.7 cm³/mol. The number of carbonyl (C=O) groups is 2. The molecule has 0 aliphatic carbocycles. The second-order valence-electron chi connectivity index (χ2n) is 4.77. The molecule has 0 aliphatic heterocycles. The number of hydrogen-bond acceptors (Lipinski definition) is 7. The van der Waals surface area contributed by atoms with E-state index in [2.05, 4.69) is 46.4 Å². The van der Waals surface area contributed by atoms with Crippen LogP contribution in [0.4, 0.5) is 0 Å². The van der Waals surface area contributed by atoms with Crippen molar-refractivity contribution in [2.24, 2.45) is 5.73 Å². The Balaban J connectivity index is 1.51. The van der Waals surface area contributed by atoms with Crippen molar-refractivity contribution in [3.05, 3.63) is 34.8 Å². The average Bonchev–Trinajstić information content (AvgIpc) is 3.13. The minimum atomic E-state index is -0.743. The van der Waals surface area contributed by atoms with Crippen molar-refractivity contribution in [1.29, 1.82) is 0 Å². The molecule has 24 heavy (non-hydrogen) atoms. The molecule has 0 fully saturated rings. The molecule has 0 aromatic carbocycles. The zero-order chi connectivity index (χ0) is 17.1. The molecule has 3 rings (SSSR count). The van der Waals surface area contributed by atoms with E-state index in [1.165, 1.54) is 11.0 Å². The van der Waals surface area contributed by atoms with E-state index in [1.54, 1.807) is 16.9 Å². The Morgan fingerprint density at radius 2 is 2.12 bits per heavy atom. The van der Waals surface area contributed by atoms with Gasteiger partial charge in [0.2, 0.25) is 11.7 Å². The van der Waals surface area contributed by atoms with E-state index in [1.807, 2.05) is 0 Å². The van der Waals surface area contributed by atoms with Crippen molar-refractivity contribution in [1.82, 2.24) is 39.7 Å². The minimum absolute atomic E-state index is 0.0621. The first-order chi connectivity index (χ1) is 11.5. The summed E-state index contributed by atoms with van der Waals surface area (Å²) < 4.78 is 3.59. The van der Waals surface area contributed by atoms with E-state index >= 15 is 0 Å². The zero-order valence-electron chi connectivity index (χ0n) is 12.3. The zero-order valence-corrected chi connectivity index (χ0v) is 13.8. The first-order valence-electron chi connectivity index (χ1n) is 6.84. The van der Waals surface area contributed by atoms with Crippen LogP contribution in [0.1, 0.15) is 16.4 Å². The van der Waals surface area contributed by atoms with Gasteiger partial charge in [-0.1, -0.05) is 0 Å². The number of rotatable bonds is 6. The fourth-order valence-corrected chi connectivity index (χ4v) is 2.20. The van der Waals surface area contributed by atoms with Gasteiger partial charge in [-0.15, -0.1) is 10.2 Å². The summed E-state index contributed by atoms with van der Waals surface area (Å²) in [5, 5.41) is 10.8. The molecule has 3 aromatic rings. The average molecular weight is 394 g/mol. The standard InChI is InChI=1S/C12H12BrN9O2/c13-7-3-16-12-18-8(19-22(12)4-7)1-2-15-9(23)5-21-6-17-11(20-21)10(14)24/h3-4,6H,1-2,5H2,(H2,14,24)(H,15,23). The molecule has 0 aliphatic rings. The summed E-state index contributed by atoms with van der Waals surface area (Å²) in [7, 11) is 0. The highest BCUT2D eigenvalue weighted by Gasteiger charge is 2.10. The lowest BCUT2D eigenvalue weighted by Crippen LogP contribution is -2.30. The normalized spacial score (nSPS) is 10.9. The summed E-state index contributed by atoms with van der Waals surface area (Å²) >= 11 is 3.31. The molecule has 3 heterocycles. The number of primary amides is 1. The lowest BCUT2D eigenvalue weighted by Gasteiger charge is -2.03. The molecular weight excluding hydrogens is 382 g/mol. The van der Waals surface area contributed by atoms with E-state index < -0.39 is 5.91 Å². The molecule has 0 unspecified atom stereocenters. The third-order valence-corrected chi connectivity index (χ3v) is 3.35. The molecule has 0 radical (unpaired) electrons. The van der Waals surface area contributed by atoms with Crippen molar-refractivity contribution >= 4 is 33.5 Å². The van der Waals surface area contributed by atoms with E-state index in [4.69, 9.17) is 5.73 Å². The van der Waals surface area contributed by atoms with Gasteiger partial charge in [-0.3, -0.25) is 9.59 Å². The van der Waals surface area contributed by atoms with Crippen molar-refractivity contribution in [2.75, 3.05) is 6.54 Å². The van der Waals surface area contributed by atoms with E-state index in [-0.39, 0.29) is 18.3 Å². The number of nitrogens with two attached hydrogens (primary N) is 1. The van der Waals surface area contributed by atoms with Gasteiger partial charge < -0.3 is 11.1 Å². The predicted octanol–water partition coefficient (Wildman–Crippen LogP) is -1.06. The number of nitrogens with zero attached hydrogens (tertiary/aromatic N) is 7. The first kappa shape index (κ1) is 16.0. The van der Waals surface area contributed by atoms with Gasteiger partial charge in [-0.05, 0) is 15.9 Å². The number of fused-ring (bicyclic) bond motifs is 1. The Morgan fingerprint density at radius 3 is 2.88 bits per heavy atom. The molecule has 0 spiro atoms. The summed E-state index contributed by atoms with van der Waals surface area (Å²) in [6, 6.07) is 0. The van der Waals surface area contributed by atoms with Gasteiger partial charge in [-0.25, -0.2) is 19.2 Å². The molecule has 0 atom stereocenters. The van der Waals surface area contributed by atoms with Crippen LogP contribution in [-0.4, -0.2) is 52.7 Å². The van der Waals surface area contributed by atoms with Gasteiger partial charge in [0.15, 0.2) is 5.82 Å². The van der Waals surface area contributed by atoms with Crippen LogP contribution in [0.3, 0.4) is 0 Å². The molecule has 0 saturated heterocycles. The second kappa shape index (κ2) is 6.70. The van der Waals surface area contributed by atoms with Crippen molar-refractivity contribution in [3.8, 4) is 0 Å². The fourth-order valence-electron chi connectivity index (χ4n) is 1.91. The first-order valence-corrected chi connectivity index (χ1v) is 7.63. The third-order valence-electron chi connectivity index (χ3n) is 2.94. The van der Waals surface area contributed by atoms with Crippen LogP contribution in [0.15, 0.2) is 23.2 Å². The molecule has 0 saturated carbocycles. The number of nitrogens with one attached hydrogen (secondary N) is 1. The van der Waals surface area contributed by atoms with Gasteiger partial charge in [0, 0.05) is 25.4 Å². The smallest absolute Gasteiger partial charge is 0.288 e. The van der Waals surface area contributed by atoms with Gasteiger partial charge in [0.05, 0.1) is 4.47 Å². The van der Waals surface area contributed by atoms with Crippen LogP contribution in [0.5, 0.6) is 0 Å². The minimum Gasteiger partial charge on any atom is -0.363 e. The maximum Gasteiger partial charge on any atom is 0.288 e. The molecule has 3 N–H and O–H groups in total. The Kier molecular flexibility index (Phi) is 4.46. The van der Waals surface area contributed by atoms with Crippen LogP contribution >= 0.6 is 15.9 Å². The topological polar surface area (TPSA) is 146 Å². The molecule has 0 bridgehead atoms. The Labute approximate surface area is 143 Å². The van der Waals surface area contributed by atoms with Crippen LogP contribution in [0, 0.1) is 0 Å². The summed E-state index contributed by atoms with van der Waals surface area (Å²) in [6.07, 6.45) is 5.11. The van der Waals surface area contributed by atoms with Gasteiger partial charge in [-0.2, -0.15) is 4.98 Å². The summed E-state index contributed by atoms with van der Waals surface area (Å²) in [6.45, 7) is 0.293. The molecule has 11 nitrogen and oxygen atoms in total. The van der Waals surface area contributed by atoms with Gasteiger partial charge >= 0.3 is 0 Å². The Morgan fingerprint density at radius 1 is 1.29 bits per heavy atom. The maximum absolute atomic E-state index is 11.8. The summed E-state index contributed by atoms with van der Waals surface area (Å²) in [4.78, 5) is 34.8. The van der Waals surface area contributed by atoms with Crippen LogP contribution in [0.2, 0.25) is 0 Å². The highest BCUT2D eigenvalue weighted by molar-refractivity contribution is 9.10. The largest absolute Gasteiger partial charge is 0.363 e. The number of aromatic nitrogens is 7. The van der Waals surface area contributed by atoms with Gasteiger partial charge in [0.1, 0.15) is 12.9 Å². The number of halogens is 1. The van der Waals surface area contributed by atoms with E-state index in [0.717, 1.165) is 4.47 Å². The highest BCUT2D eigenvalue weighted by atomic mass is 79.9. The molecule has 124 valence electrons. The third kappa shape index (κ3) is 3.71. The monoisotopic (exact) mass is 393 g/mol. The molecular formula is C12H12BrN9O2. The van der Waals surface area contributed by atoms with Crippen LogP contribution < -0.4 is 11.1 Å². The lowest BCUT2D eigenvalue weighted by atomic mass is 10.4. The van der Waals surface area contributed by atoms with Crippen molar-refractivity contribution in [3.63, 3.8) is 0 Å². The summed E-state index contributed by atoms with van der Waals surface area (Å²) in [5.74, 6) is -0.0953. The molecule has 12 heteroatoms. The van der Waals surface area contributed by atoms with Crippen LogP contribution in [-0.2, 0) is 17.8 Å². The second-order valence-corrected chi connectivity index (χ2v) is 5.69. The lowest BCUT2D eigenvalue weighted by molar-refractivity contribution is -0.121. The molecule has 2 amide bonds. The number of hydrogen-bond donors (Lipinski definition) is 2. The highest BCUT2D eigenvalue weighted by Crippen LogP contribution is 2.07. The van der Waals surface area contributed by atoms with Crippen LogP contribution in [0.25, 0.3) is 5.78 Å². The quantitative estimate of drug-likeness (QED) is 0.542. The van der Waals surface area contributed by atoms with E-state index in [9.17, 15) is 9.59 Å². The Bertz CT molecular complexity index is 903. The van der Waals surface area contributed by atoms with Gasteiger partial charge in [0.25, 0.3) is 11.7 Å². The summed E-state index contributed by atoms with van der Waals surface area (Å²) in [5.41, 5.74) is 5.04. The Hall–Kier alpha value is -2.89. The van der Waals surface area contributed by atoms with Crippen molar-refractivity contribution < 1.29 is 9.59 Å². The molecule has 3 aromatic heterocycles. The fraction of sp³-hybridized carbons (Fsp3) is 0.250. The van der Waals surface area contributed by atoms with Crippen molar-refractivity contribution in [2.45, 2.75) is 13.0 Å².